The van der Waals surface area contributed by atoms with Gasteiger partial charge in [-0.2, -0.15) is 0 Å². The molecule has 8 heteroatoms. The van der Waals surface area contributed by atoms with Crippen LogP contribution in [0.15, 0.2) is 17.2 Å². The van der Waals surface area contributed by atoms with Gasteiger partial charge in [0.05, 0.1) is 13.2 Å². The van der Waals surface area contributed by atoms with Gasteiger partial charge >= 0.3 is 5.97 Å². The van der Waals surface area contributed by atoms with Crippen LogP contribution < -0.4 is 5.14 Å². The summed E-state index contributed by atoms with van der Waals surface area (Å²) in [4.78, 5) is 14.0. The second-order valence-corrected chi connectivity index (χ2v) is 5.25. The highest BCUT2D eigenvalue weighted by atomic mass is 32.2. The zero-order valence-corrected chi connectivity index (χ0v) is 9.70. The first-order chi connectivity index (χ1) is 7.97. The maximum atomic E-state index is 11.6. The number of nitrogens with one attached hydrogen (secondary N) is 1. The zero-order chi connectivity index (χ0) is 12.5. The van der Waals surface area contributed by atoms with Crippen LogP contribution in [0, 0.1) is 0 Å². The number of ether oxygens (including phenoxy) is 2. The minimum Gasteiger partial charge on any atom is -0.455 e. The predicted octanol–water partition coefficient (Wildman–Crippen LogP) is -0.392. The molecule has 0 spiro atoms. The summed E-state index contributed by atoms with van der Waals surface area (Å²) in [5.74, 6) is -0.615. The van der Waals surface area contributed by atoms with Crippen molar-refractivity contribution in [3.63, 3.8) is 0 Å². The Bertz CT molecular complexity index is 515. The molecule has 1 aliphatic heterocycles. The van der Waals surface area contributed by atoms with E-state index in [2.05, 4.69) is 4.98 Å². The monoisotopic (exact) mass is 260 g/mol. The fourth-order valence-electron chi connectivity index (χ4n) is 1.48. The summed E-state index contributed by atoms with van der Waals surface area (Å²) >= 11 is 0. The number of hydrogen-bond acceptors (Lipinski definition) is 5. The molecule has 1 unspecified atom stereocenters. The minimum absolute atomic E-state index is 0.0564. The predicted molar refractivity (Wildman–Crippen MR) is 56.8 cm³/mol. The number of aromatic amines is 1. The first kappa shape index (κ1) is 12.1. The lowest BCUT2D eigenvalue weighted by Crippen LogP contribution is -2.18. The van der Waals surface area contributed by atoms with Gasteiger partial charge in [-0.05, 0) is 6.07 Å². The van der Waals surface area contributed by atoms with Crippen LogP contribution in [0.2, 0.25) is 0 Å². The molecule has 17 heavy (non-hydrogen) atoms. The van der Waals surface area contributed by atoms with Gasteiger partial charge in [0.1, 0.15) is 16.7 Å². The fourth-order valence-corrected chi connectivity index (χ4v) is 1.98. The fraction of sp³-hybridized carbons (Fsp3) is 0.444. The van der Waals surface area contributed by atoms with E-state index < -0.39 is 16.0 Å². The van der Waals surface area contributed by atoms with E-state index in [0.29, 0.717) is 19.6 Å². The molecule has 0 saturated carbocycles. The molecule has 0 radical (unpaired) electrons. The maximum absolute atomic E-state index is 11.6. The van der Waals surface area contributed by atoms with Crippen LogP contribution in [0.3, 0.4) is 0 Å². The Morgan fingerprint density at radius 2 is 2.35 bits per heavy atom. The third-order valence-corrected chi connectivity index (χ3v) is 3.26. The molecule has 1 aliphatic rings. The highest BCUT2D eigenvalue weighted by Gasteiger charge is 2.22. The van der Waals surface area contributed by atoms with Crippen molar-refractivity contribution in [1.82, 2.24) is 4.98 Å². The number of esters is 1. The molecule has 0 aromatic carbocycles. The van der Waals surface area contributed by atoms with E-state index >= 15 is 0 Å². The number of primary sulfonamides is 1. The molecular weight excluding hydrogens is 248 g/mol. The molecule has 0 bridgehead atoms. The molecule has 1 aromatic heterocycles. The smallest absolute Gasteiger partial charge is 0.355 e. The molecule has 1 fully saturated rings. The lowest BCUT2D eigenvalue weighted by atomic mass is 10.3. The molecule has 1 atom stereocenters. The Kier molecular flexibility index (Phi) is 3.18. The lowest BCUT2D eigenvalue weighted by molar-refractivity contribution is 0.0265. The summed E-state index contributed by atoms with van der Waals surface area (Å²) in [7, 11) is -3.81. The van der Waals surface area contributed by atoms with Crippen LogP contribution in [0.5, 0.6) is 0 Å². The number of carbonyl (C=O) groups excluding carboxylic acids is 1. The Balaban J connectivity index is 2.07. The van der Waals surface area contributed by atoms with Crippen molar-refractivity contribution < 1.29 is 22.7 Å². The van der Waals surface area contributed by atoms with Gasteiger partial charge < -0.3 is 14.5 Å². The van der Waals surface area contributed by atoms with Crippen LogP contribution in [-0.4, -0.2) is 38.7 Å². The SMILES string of the molecule is NS(=O)(=O)c1c[nH]c(C(=O)OC2CCOC2)c1. The number of hydrogen-bond donors (Lipinski definition) is 2. The van der Waals surface area contributed by atoms with Crippen molar-refractivity contribution >= 4 is 16.0 Å². The maximum Gasteiger partial charge on any atom is 0.355 e. The molecule has 0 amide bonds. The molecule has 7 nitrogen and oxygen atoms in total. The van der Waals surface area contributed by atoms with Gasteiger partial charge in [-0.25, -0.2) is 18.4 Å². The number of sulfonamides is 1. The van der Waals surface area contributed by atoms with Crippen molar-refractivity contribution in [3.8, 4) is 0 Å². The average Bonchev–Trinajstić information content (AvgIpc) is 2.85. The Morgan fingerprint density at radius 3 is 2.88 bits per heavy atom. The van der Waals surface area contributed by atoms with Gasteiger partial charge in [0.15, 0.2) is 0 Å². The number of nitrogens with two attached hydrogens (primary N) is 1. The third kappa shape index (κ3) is 2.84. The van der Waals surface area contributed by atoms with Crippen LogP contribution in [-0.2, 0) is 19.5 Å². The highest BCUT2D eigenvalue weighted by Crippen LogP contribution is 2.13. The third-order valence-electron chi connectivity index (χ3n) is 2.37. The van der Waals surface area contributed by atoms with E-state index in [1.165, 1.54) is 0 Å². The first-order valence-electron chi connectivity index (χ1n) is 4.97. The van der Waals surface area contributed by atoms with Gasteiger partial charge in [0.25, 0.3) is 0 Å². The summed E-state index contributed by atoms with van der Waals surface area (Å²) < 4.78 is 32.1. The van der Waals surface area contributed by atoms with Gasteiger partial charge in [-0.1, -0.05) is 0 Å². The van der Waals surface area contributed by atoms with E-state index in [1.54, 1.807) is 0 Å². The Morgan fingerprint density at radius 1 is 1.59 bits per heavy atom. The molecule has 2 heterocycles. The van der Waals surface area contributed by atoms with E-state index in [-0.39, 0.29) is 16.7 Å². The second kappa shape index (κ2) is 4.47. The van der Waals surface area contributed by atoms with E-state index in [9.17, 15) is 13.2 Å². The largest absolute Gasteiger partial charge is 0.455 e. The summed E-state index contributed by atoms with van der Waals surface area (Å²) in [6, 6.07) is 1.15. The van der Waals surface area contributed by atoms with Gasteiger partial charge in [0, 0.05) is 12.6 Å². The molecule has 2 rings (SSSR count). The number of rotatable bonds is 3. The summed E-state index contributed by atoms with van der Waals surface area (Å²) in [5.41, 5.74) is 0.0564. The van der Waals surface area contributed by atoms with E-state index in [1.807, 2.05) is 0 Å². The van der Waals surface area contributed by atoms with Gasteiger partial charge in [-0.3, -0.25) is 0 Å². The molecule has 1 saturated heterocycles. The van der Waals surface area contributed by atoms with Crippen LogP contribution in [0.1, 0.15) is 16.9 Å². The quantitative estimate of drug-likeness (QED) is 0.719. The molecule has 3 N–H and O–H groups in total. The summed E-state index contributed by atoms with van der Waals surface area (Å²) in [6.45, 7) is 0.930. The standard InChI is InChI=1S/C9H12N2O5S/c10-17(13,14)7-3-8(11-4-7)9(12)16-6-1-2-15-5-6/h3-4,6,11H,1-2,5H2,(H2,10,13,14). The van der Waals surface area contributed by atoms with Crippen LogP contribution in [0.25, 0.3) is 0 Å². The van der Waals surface area contributed by atoms with Crippen molar-refractivity contribution in [2.45, 2.75) is 17.4 Å². The van der Waals surface area contributed by atoms with E-state index in [0.717, 1.165) is 12.3 Å². The van der Waals surface area contributed by atoms with Crippen molar-refractivity contribution in [2.75, 3.05) is 13.2 Å². The van der Waals surface area contributed by atoms with Crippen LogP contribution in [0.4, 0.5) is 0 Å². The second-order valence-electron chi connectivity index (χ2n) is 3.68. The van der Waals surface area contributed by atoms with Gasteiger partial charge in [0.2, 0.25) is 10.0 Å². The molecule has 1 aromatic rings. The number of carbonyl (C=O) groups is 1. The van der Waals surface area contributed by atoms with Gasteiger partial charge in [-0.15, -0.1) is 0 Å². The summed E-state index contributed by atoms with van der Waals surface area (Å²) in [5, 5.41) is 4.91. The highest BCUT2D eigenvalue weighted by molar-refractivity contribution is 7.89. The molecular formula is C9H12N2O5S. The van der Waals surface area contributed by atoms with Crippen molar-refractivity contribution in [3.05, 3.63) is 18.0 Å². The van der Waals surface area contributed by atoms with Crippen molar-refractivity contribution in [2.24, 2.45) is 5.14 Å². The summed E-state index contributed by atoms with van der Waals surface area (Å²) in [6.07, 6.45) is 1.52. The topological polar surface area (TPSA) is 111 Å². The number of aromatic nitrogens is 1. The number of H-pyrrole nitrogens is 1. The Hall–Kier alpha value is -1.38. The van der Waals surface area contributed by atoms with E-state index in [4.69, 9.17) is 14.6 Å². The molecule has 0 aliphatic carbocycles. The normalized spacial score (nSPS) is 20.4. The lowest BCUT2D eigenvalue weighted by Gasteiger charge is -2.08. The first-order valence-corrected chi connectivity index (χ1v) is 6.51. The van der Waals surface area contributed by atoms with Crippen LogP contribution >= 0.6 is 0 Å². The Labute approximate surface area is 97.9 Å². The van der Waals surface area contributed by atoms with Crippen molar-refractivity contribution in [1.29, 1.82) is 0 Å². The average molecular weight is 260 g/mol. The zero-order valence-electron chi connectivity index (χ0n) is 8.88. The molecule has 94 valence electrons. The minimum atomic E-state index is -3.81.